The fourth-order valence-electron chi connectivity index (χ4n) is 2.13. The van der Waals surface area contributed by atoms with Gasteiger partial charge >= 0.3 is 5.69 Å². The van der Waals surface area contributed by atoms with Crippen molar-refractivity contribution in [1.82, 2.24) is 9.55 Å². The van der Waals surface area contributed by atoms with Gasteiger partial charge in [-0.05, 0) is 30.3 Å². The molecule has 0 unspecified atom stereocenters. The van der Waals surface area contributed by atoms with Crippen LogP contribution in [0.2, 0.25) is 5.02 Å². The standard InChI is InChI=1S/C14H11ClN2O2/c1-19-13-5-3-2-4-11(13)17-12-8-9(15)6-7-10(12)16-14(17)18/h2-8H,1H3,(H,16,18). The topological polar surface area (TPSA) is 47.0 Å². The Morgan fingerprint density at radius 1 is 1.21 bits per heavy atom. The van der Waals surface area contributed by atoms with E-state index < -0.39 is 0 Å². The Balaban J connectivity index is 2.39. The van der Waals surface area contributed by atoms with Crippen molar-refractivity contribution in [1.29, 1.82) is 0 Å². The molecule has 5 heteroatoms. The van der Waals surface area contributed by atoms with Crippen LogP contribution >= 0.6 is 11.6 Å². The maximum atomic E-state index is 12.1. The van der Waals surface area contributed by atoms with Gasteiger partial charge in [0.25, 0.3) is 0 Å². The SMILES string of the molecule is COc1ccccc1-n1c(=O)[nH]c2ccc(Cl)cc21. The van der Waals surface area contributed by atoms with E-state index in [9.17, 15) is 4.79 Å². The van der Waals surface area contributed by atoms with Crippen molar-refractivity contribution < 1.29 is 4.74 Å². The molecule has 1 aromatic heterocycles. The summed E-state index contributed by atoms with van der Waals surface area (Å²) in [4.78, 5) is 14.9. The minimum atomic E-state index is -0.221. The summed E-state index contributed by atoms with van der Waals surface area (Å²) in [5.41, 5.74) is 1.92. The summed E-state index contributed by atoms with van der Waals surface area (Å²) >= 11 is 6.00. The van der Waals surface area contributed by atoms with E-state index >= 15 is 0 Å². The average molecular weight is 275 g/mol. The molecular weight excluding hydrogens is 264 g/mol. The summed E-state index contributed by atoms with van der Waals surface area (Å²) in [6.45, 7) is 0. The second-order valence-electron chi connectivity index (χ2n) is 4.10. The van der Waals surface area contributed by atoms with Crippen molar-refractivity contribution in [2.24, 2.45) is 0 Å². The smallest absolute Gasteiger partial charge is 0.331 e. The Hall–Kier alpha value is -2.20. The molecule has 0 aliphatic carbocycles. The van der Waals surface area contributed by atoms with Crippen LogP contribution in [-0.4, -0.2) is 16.7 Å². The molecule has 4 nitrogen and oxygen atoms in total. The van der Waals surface area contributed by atoms with E-state index in [4.69, 9.17) is 16.3 Å². The molecule has 0 aliphatic rings. The lowest BCUT2D eigenvalue weighted by Crippen LogP contribution is -2.15. The molecule has 1 heterocycles. The fraction of sp³-hybridized carbons (Fsp3) is 0.0714. The molecule has 19 heavy (non-hydrogen) atoms. The van der Waals surface area contributed by atoms with E-state index in [2.05, 4.69) is 4.98 Å². The van der Waals surface area contributed by atoms with E-state index in [1.54, 1.807) is 29.9 Å². The van der Waals surface area contributed by atoms with Crippen LogP contribution < -0.4 is 10.4 Å². The minimum absolute atomic E-state index is 0.221. The Morgan fingerprint density at radius 2 is 2.00 bits per heavy atom. The number of hydrogen-bond donors (Lipinski definition) is 1. The second kappa shape index (κ2) is 4.48. The maximum Gasteiger partial charge on any atom is 0.331 e. The average Bonchev–Trinajstić information content (AvgIpc) is 2.74. The van der Waals surface area contributed by atoms with Gasteiger partial charge in [-0.2, -0.15) is 0 Å². The second-order valence-corrected chi connectivity index (χ2v) is 4.54. The van der Waals surface area contributed by atoms with Crippen LogP contribution in [0.4, 0.5) is 0 Å². The summed E-state index contributed by atoms with van der Waals surface area (Å²) in [5, 5.41) is 0.579. The van der Waals surface area contributed by atoms with E-state index in [0.29, 0.717) is 16.5 Å². The molecule has 3 aromatic rings. The molecule has 96 valence electrons. The molecule has 0 saturated heterocycles. The molecule has 3 rings (SSSR count). The number of methoxy groups -OCH3 is 1. The number of nitrogens with one attached hydrogen (secondary N) is 1. The van der Waals surface area contributed by atoms with Crippen molar-refractivity contribution in [3.05, 3.63) is 58.0 Å². The van der Waals surface area contributed by atoms with Gasteiger partial charge in [-0.1, -0.05) is 23.7 Å². The number of benzene rings is 2. The van der Waals surface area contributed by atoms with Crippen LogP contribution in [0.3, 0.4) is 0 Å². The van der Waals surface area contributed by atoms with Crippen LogP contribution in [0.5, 0.6) is 5.75 Å². The first-order valence-electron chi connectivity index (χ1n) is 5.74. The fourth-order valence-corrected chi connectivity index (χ4v) is 2.30. The number of halogens is 1. The maximum absolute atomic E-state index is 12.1. The third-order valence-electron chi connectivity index (χ3n) is 2.97. The van der Waals surface area contributed by atoms with Gasteiger partial charge in [-0.3, -0.25) is 4.57 Å². The highest BCUT2D eigenvalue weighted by molar-refractivity contribution is 6.31. The first kappa shape index (κ1) is 11.9. The highest BCUT2D eigenvalue weighted by Crippen LogP contribution is 2.25. The van der Waals surface area contributed by atoms with Crippen LogP contribution in [0.25, 0.3) is 16.7 Å². The van der Waals surface area contributed by atoms with E-state index in [-0.39, 0.29) is 5.69 Å². The number of hydrogen-bond acceptors (Lipinski definition) is 2. The molecule has 0 saturated carbocycles. The first-order valence-corrected chi connectivity index (χ1v) is 6.12. The number of fused-ring (bicyclic) bond motifs is 1. The number of ether oxygens (including phenoxy) is 1. The van der Waals surface area contributed by atoms with Crippen molar-refractivity contribution >= 4 is 22.6 Å². The zero-order valence-corrected chi connectivity index (χ0v) is 10.9. The Bertz CT molecular complexity index is 805. The lowest BCUT2D eigenvalue weighted by atomic mass is 10.2. The van der Waals surface area contributed by atoms with Gasteiger partial charge in [0.15, 0.2) is 0 Å². The van der Waals surface area contributed by atoms with Crippen LogP contribution in [-0.2, 0) is 0 Å². The monoisotopic (exact) mass is 274 g/mol. The molecule has 0 bridgehead atoms. The van der Waals surface area contributed by atoms with Crippen LogP contribution in [0.1, 0.15) is 0 Å². The van der Waals surface area contributed by atoms with E-state index in [1.807, 2.05) is 24.3 Å². The Morgan fingerprint density at radius 3 is 2.79 bits per heavy atom. The van der Waals surface area contributed by atoms with Gasteiger partial charge in [0.2, 0.25) is 0 Å². The molecule has 0 spiro atoms. The lowest BCUT2D eigenvalue weighted by molar-refractivity contribution is 0.413. The predicted octanol–water partition coefficient (Wildman–Crippen LogP) is 2.98. The highest BCUT2D eigenvalue weighted by atomic mass is 35.5. The molecule has 1 N–H and O–H groups in total. The number of para-hydroxylation sites is 2. The lowest BCUT2D eigenvalue weighted by Gasteiger charge is -2.09. The number of H-pyrrole nitrogens is 1. The van der Waals surface area contributed by atoms with Crippen molar-refractivity contribution in [2.45, 2.75) is 0 Å². The summed E-state index contributed by atoms with van der Waals surface area (Å²) in [5.74, 6) is 0.630. The molecule has 2 aromatic carbocycles. The Labute approximate surface area is 114 Å². The quantitative estimate of drug-likeness (QED) is 0.781. The molecule has 0 radical (unpaired) electrons. The number of aromatic nitrogens is 2. The molecule has 0 fully saturated rings. The number of aromatic amines is 1. The van der Waals surface area contributed by atoms with Gasteiger partial charge in [0, 0.05) is 5.02 Å². The van der Waals surface area contributed by atoms with Gasteiger partial charge < -0.3 is 9.72 Å². The van der Waals surface area contributed by atoms with Crippen molar-refractivity contribution in [2.75, 3.05) is 7.11 Å². The number of imidazole rings is 1. The summed E-state index contributed by atoms with van der Waals surface area (Å²) < 4.78 is 6.85. The number of nitrogens with zero attached hydrogens (tertiary/aromatic N) is 1. The van der Waals surface area contributed by atoms with Crippen molar-refractivity contribution in [3.63, 3.8) is 0 Å². The third-order valence-corrected chi connectivity index (χ3v) is 3.21. The summed E-state index contributed by atoms with van der Waals surface area (Å²) in [6, 6.07) is 12.6. The van der Waals surface area contributed by atoms with Crippen LogP contribution in [0, 0.1) is 0 Å². The van der Waals surface area contributed by atoms with Crippen LogP contribution in [0.15, 0.2) is 47.3 Å². The third kappa shape index (κ3) is 1.90. The summed E-state index contributed by atoms with van der Waals surface area (Å²) in [6.07, 6.45) is 0. The predicted molar refractivity (Wildman–Crippen MR) is 75.5 cm³/mol. The molecule has 0 amide bonds. The minimum Gasteiger partial charge on any atom is -0.495 e. The summed E-state index contributed by atoms with van der Waals surface area (Å²) in [7, 11) is 1.58. The van der Waals surface area contributed by atoms with E-state index in [1.165, 1.54) is 0 Å². The molecule has 0 aliphatic heterocycles. The van der Waals surface area contributed by atoms with Gasteiger partial charge in [0.05, 0.1) is 23.8 Å². The van der Waals surface area contributed by atoms with Crippen molar-refractivity contribution in [3.8, 4) is 11.4 Å². The largest absolute Gasteiger partial charge is 0.495 e. The zero-order chi connectivity index (χ0) is 13.4. The number of rotatable bonds is 2. The first-order chi connectivity index (χ1) is 9.20. The normalized spacial score (nSPS) is 10.8. The zero-order valence-electron chi connectivity index (χ0n) is 10.2. The molecular formula is C14H11ClN2O2. The highest BCUT2D eigenvalue weighted by Gasteiger charge is 2.12. The van der Waals surface area contributed by atoms with E-state index in [0.717, 1.165) is 11.0 Å². The Kier molecular flexibility index (Phi) is 2.80. The molecule has 0 atom stereocenters. The van der Waals surface area contributed by atoms with Gasteiger partial charge in [0.1, 0.15) is 5.75 Å². The van der Waals surface area contributed by atoms with Gasteiger partial charge in [-0.25, -0.2) is 4.79 Å². The van der Waals surface area contributed by atoms with Gasteiger partial charge in [-0.15, -0.1) is 0 Å².